The van der Waals surface area contributed by atoms with Crippen LogP contribution in [0.5, 0.6) is 0 Å². The predicted molar refractivity (Wildman–Crippen MR) is 151 cm³/mol. The zero-order valence-electron chi connectivity index (χ0n) is 21.8. The van der Waals surface area contributed by atoms with Crippen molar-refractivity contribution in [1.29, 1.82) is 0 Å². The van der Waals surface area contributed by atoms with Crippen LogP contribution in [-0.4, -0.2) is 70.2 Å². The molecule has 206 valence electrons. The molecule has 2 heterocycles. The van der Waals surface area contributed by atoms with Gasteiger partial charge in [0.05, 0.1) is 6.26 Å². The van der Waals surface area contributed by atoms with Crippen molar-refractivity contribution < 1.29 is 18.0 Å². The van der Waals surface area contributed by atoms with Gasteiger partial charge in [0.25, 0.3) is 0 Å². The molecule has 0 bridgehead atoms. The van der Waals surface area contributed by atoms with Crippen molar-refractivity contribution in [3.05, 3.63) is 65.2 Å². The first kappa shape index (κ1) is 28.5. The van der Waals surface area contributed by atoms with E-state index in [2.05, 4.69) is 39.2 Å². The summed E-state index contributed by atoms with van der Waals surface area (Å²) in [5, 5.41) is 2.79. The second-order valence-corrected chi connectivity index (χ2v) is 12.4. The largest absolute Gasteiger partial charge is 0.353 e. The van der Waals surface area contributed by atoms with Gasteiger partial charge >= 0.3 is 0 Å². The average molecular weight is 561 g/mol. The minimum absolute atomic E-state index is 0. The van der Waals surface area contributed by atoms with Gasteiger partial charge in [0.2, 0.25) is 21.8 Å². The highest BCUT2D eigenvalue weighted by Gasteiger charge is 2.41. The molecule has 1 unspecified atom stereocenters. The third-order valence-electron chi connectivity index (χ3n) is 8.25. The van der Waals surface area contributed by atoms with Crippen molar-refractivity contribution in [2.75, 3.05) is 43.9 Å². The second kappa shape index (κ2) is 11.7. The molecule has 1 atom stereocenters. The van der Waals surface area contributed by atoms with E-state index in [9.17, 15) is 18.0 Å². The standard InChI is InChI=1S/C28H36N4O4S.ClH/c1-37(35,36)30-16-15-29-27(34)25-20-22-7-3-5-9-24(22)32(25)26(33)11-17-31-18-13-28(14-19-31)12-10-21-6-2-4-8-23(21)28;/h2-9,25,30H,10-20H2,1H3,(H,29,34);1H. The fourth-order valence-corrected chi connectivity index (χ4v) is 6.78. The highest BCUT2D eigenvalue weighted by Crippen LogP contribution is 2.46. The van der Waals surface area contributed by atoms with E-state index in [0.29, 0.717) is 24.8 Å². The van der Waals surface area contributed by atoms with Crippen molar-refractivity contribution in [1.82, 2.24) is 14.9 Å². The van der Waals surface area contributed by atoms with Crippen LogP contribution < -0.4 is 14.9 Å². The third-order valence-corrected chi connectivity index (χ3v) is 8.98. The van der Waals surface area contributed by atoms with E-state index < -0.39 is 16.1 Å². The van der Waals surface area contributed by atoms with Crippen LogP contribution in [-0.2, 0) is 37.9 Å². The Kier molecular flexibility index (Phi) is 8.82. The van der Waals surface area contributed by atoms with Crippen molar-refractivity contribution in [3.63, 3.8) is 0 Å². The molecule has 2 aromatic rings. The van der Waals surface area contributed by atoms with Gasteiger partial charge in [-0.05, 0) is 66.9 Å². The molecule has 1 fully saturated rings. The molecule has 0 saturated carbocycles. The fourth-order valence-electron chi connectivity index (χ4n) is 6.31. The Morgan fingerprint density at radius 2 is 1.66 bits per heavy atom. The van der Waals surface area contributed by atoms with Crippen LogP contribution >= 0.6 is 12.4 Å². The summed E-state index contributed by atoms with van der Waals surface area (Å²) in [4.78, 5) is 30.5. The lowest BCUT2D eigenvalue weighted by Gasteiger charge is -2.40. The van der Waals surface area contributed by atoms with Crippen LogP contribution in [0.25, 0.3) is 0 Å². The number of amides is 2. The number of hydrogen-bond donors (Lipinski definition) is 2. The Morgan fingerprint density at radius 1 is 0.974 bits per heavy atom. The molecule has 0 radical (unpaired) electrons. The maximum Gasteiger partial charge on any atom is 0.243 e. The van der Waals surface area contributed by atoms with Crippen molar-refractivity contribution in [2.45, 2.75) is 50.0 Å². The summed E-state index contributed by atoms with van der Waals surface area (Å²) in [5.41, 5.74) is 5.09. The summed E-state index contributed by atoms with van der Waals surface area (Å²) in [6, 6.07) is 15.9. The zero-order valence-corrected chi connectivity index (χ0v) is 23.5. The van der Waals surface area contributed by atoms with E-state index in [1.165, 1.54) is 17.5 Å². The van der Waals surface area contributed by atoms with Crippen molar-refractivity contribution in [3.8, 4) is 0 Å². The van der Waals surface area contributed by atoms with Gasteiger partial charge in [0, 0.05) is 38.2 Å². The van der Waals surface area contributed by atoms with Gasteiger partial charge in [-0.1, -0.05) is 42.5 Å². The molecule has 2 amide bonds. The predicted octanol–water partition coefficient (Wildman–Crippen LogP) is 2.40. The summed E-state index contributed by atoms with van der Waals surface area (Å²) in [5.74, 6) is -0.314. The topological polar surface area (TPSA) is 98.8 Å². The number of aryl methyl sites for hydroxylation is 1. The number of sulfonamides is 1. The number of para-hydroxylation sites is 1. The third kappa shape index (κ3) is 6.06. The number of piperidine rings is 1. The number of anilines is 1. The number of hydrogen-bond acceptors (Lipinski definition) is 5. The first-order valence-corrected chi connectivity index (χ1v) is 15.1. The van der Waals surface area contributed by atoms with Crippen LogP contribution in [0.4, 0.5) is 5.69 Å². The molecular weight excluding hydrogens is 524 g/mol. The smallest absolute Gasteiger partial charge is 0.243 e. The number of carbonyl (C=O) groups excluding carboxylic acids is 2. The Bertz CT molecular complexity index is 1280. The molecule has 8 nitrogen and oxygen atoms in total. The molecule has 2 aromatic carbocycles. The Morgan fingerprint density at radius 3 is 2.39 bits per heavy atom. The number of carbonyl (C=O) groups is 2. The van der Waals surface area contributed by atoms with E-state index in [4.69, 9.17) is 0 Å². The number of nitrogens with one attached hydrogen (secondary N) is 2. The molecule has 10 heteroatoms. The van der Waals surface area contributed by atoms with E-state index in [0.717, 1.165) is 49.9 Å². The molecule has 2 aliphatic heterocycles. The molecule has 2 N–H and O–H groups in total. The number of likely N-dealkylation sites (tertiary alicyclic amines) is 1. The average Bonchev–Trinajstić information content (AvgIpc) is 3.45. The summed E-state index contributed by atoms with van der Waals surface area (Å²) in [6.45, 7) is 2.92. The van der Waals surface area contributed by atoms with Crippen molar-refractivity contribution in [2.24, 2.45) is 0 Å². The Hall–Kier alpha value is -2.46. The monoisotopic (exact) mass is 560 g/mol. The molecule has 3 aliphatic rings. The highest BCUT2D eigenvalue weighted by molar-refractivity contribution is 7.88. The summed E-state index contributed by atoms with van der Waals surface area (Å²) < 4.78 is 24.9. The van der Waals surface area contributed by atoms with E-state index in [1.54, 1.807) is 4.90 Å². The van der Waals surface area contributed by atoms with E-state index >= 15 is 0 Å². The van der Waals surface area contributed by atoms with Gasteiger partial charge in [-0.3, -0.25) is 14.5 Å². The van der Waals surface area contributed by atoms with Crippen LogP contribution in [0.3, 0.4) is 0 Å². The van der Waals surface area contributed by atoms with Gasteiger partial charge in [-0.15, -0.1) is 12.4 Å². The van der Waals surface area contributed by atoms with Crippen LogP contribution in [0.15, 0.2) is 48.5 Å². The Labute approximate surface area is 231 Å². The lowest BCUT2D eigenvalue weighted by atomic mass is 9.74. The quantitative estimate of drug-likeness (QED) is 0.483. The number of rotatable bonds is 8. The molecule has 1 spiro atoms. The van der Waals surface area contributed by atoms with Crippen LogP contribution in [0.1, 0.15) is 42.4 Å². The first-order valence-electron chi connectivity index (χ1n) is 13.2. The van der Waals surface area contributed by atoms with E-state index in [-0.39, 0.29) is 37.3 Å². The summed E-state index contributed by atoms with van der Waals surface area (Å²) >= 11 is 0. The molecule has 0 aromatic heterocycles. The lowest BCUT2D eigenvalue weighted by Crippen LogP contribution is -2.50. The molecular formula is C28H37ClN4O4S. The van der Waals surface area contributed by atoms with E-state index in [1.807, 2.05) is 24.3 Å². The molecule has 1 saturated heterocycles. The maximum atomic E-state index is 13.5. The van der Waals surface area contributed by atoms with Gasteiger partial charge in [0.1, 0.15) is 6.04 Å². The highest BCUT2D eigenvalue weighted by atomic mass is 35.5. The zero-order chi connectivity index (χ0) is 26.0. The Balaban J connectivity index is 0.00000336. The van der Waals surface area contributed by atoms with Gasteiger partial charge < -0.3 is 10.2 Å². The number of nitrogens with zero attached hydrogens (tertiary/aromatic N) is 2. The van der Waals surface area contributed by atoms with Gasteiger partial charge in [0.15, 0.2) is 0 Å². The van der Waals surface area contributed by atoms with Gasteiger partial charge in [-0.25, -0.2) is 13.1 Å². The summed E-state index contributed by atoms with van der Waals surface area (Å²) in [7, 11) is -3.32. The molecule has 5 rings (SSSR count). The number of benzene rings is 2. The second-order valence-electron chi connectivity index (χ2n) is 10.6. The van der Waals surface area contributed by atoms with Crippen molar-refractivity contribution >= 4 is 39.9 Å². The van der Waals surface area contributed by atoms with Gasteiger partial charge in [-0.2, -0.15) is 0 Å². The summed E-state index contributed by atoms with van der Waals surface area (Å²) in [6.07, 6.45) is 6.53. The molecule has 38 heavy (non-hydrogen) atoms. The number of halogens is 1. The lowest BCUT2D eigenvalue weighted by molar-refractivity contribution is -0.126. The fraction of sp³-hybridized carbons (Fsp3) is 0.500. The first-order chi connectivity index (χ1) is 17.8. The maximum absolute atomic E-state index is 13.5. The minimum atomic E-state index is -3.32. The van der Waals surface area contributed by atoms with Crippen LogP contribution in [0, 0.1) is 0 Å². The minimum Gasteiger partial charge on any atom is -0.353 e. The normalized spacial score (nSPS) is 20.0. The molecule has 1 aliphatic carbocycles. The van der Waals surface area contributed by atoms with Crippen LogP contribution in [0.2, 0.25) is 0 Å². The number of fused-ring (bicyclic) bond motifs is 3. The SMILES string of the molecule is CS(=O)(=O)NCCNC(=O)C1Cc2ccccc2N1C(=O)CCN1CCC2(CCc3ccccc32)CC1.Cl.